The molecule has 1 aliphatic heterocycles. The van der Waals surface area contributed by atoms with E-state index in [9.17, 15) is 0 Å². The standard InChI is InChI=1S/C17H28N2O2/c1-4-20-17-13-15(14-7-9-18-10-8-14)5-6-16(17)21-12-11-19(2)3/h5-6,13-14,18H,4,7-12H2,1-3H3. The van der Waals surface area contributed by atoms with E-state index in [1.54, 1.807) is 0 Å². The van der Waals surface area contributed by atoms with E-state index in [-0.39, 0.29) is 0 Å². The van der Waals surface area contributed by atoms with Crippen LogP contribution < -0.4 is 14.8 Å². The van der Waals surface area contributed by atoms with Gasteiger partial charge in [0.1, 0.15) is 6.61 Å². The van der Waals surface area contributed by atoms with E-state index in [0.717, 1.165) is 31.1 Å². The fourth-order valence-electron chi connectivity index (χ4n) is 2.66. The zero-order chi connectivity index (χ0) is 15.1. The zero-order valence-corrected chi connectivity index (χ0v) is 13.5. The summed E-state index contributed by atoms with van der Waals surface area (Å²) in [5.41, 5.74) is 1.37. The van der Waals surface area contributed by atoms with Crippen LogP contribution in [-0.2, 0) is 0 Å². The summed E-state index contributed by atoms with van der Waals surface area (Å²) in [6.45, 7) is 6.48. The van der Waals surface area contributed by atoms with E-state index in [2.05, 4.69) is 28.4 Å². The molecule has 4 heteroatoms. The molecule has 0 amide bonds. The van der Waals surface area contributed by atoms with E-state index in [0.29, 0.717) is 19.1 Å². The van der Waals surface area contributed by atoms with Crippen molar-refractivity contribution in [3.63, 3.8) is 0 Å². The average molecular weight is 292 g/mol. The largest absolute Gasteiger partial charge is 0.490 e. The molecule has 0 radical (unpaired) electrons. The first-order valence-corrected chi connectivity index (χ1v) is 7.95. The smallest absolute Gasteiger partial charge is 0.161 e. The maximum Gasteiger partial charge on any atom is 0.161 e. The fourth-order valence-corrected chi connectivity index (χ4v) is 2.66. The van der Waals surface area contributed by atoms with Crippen LogP contribution in [0.4, 0.5) is 0 Å². The first kappa shape index (κ1) is 16.1. The third-order valence-electron chi connectivity index (χ3n) is 3.87. The lowest BCUT2D eigenvalue weighted by atomic mass is 9.90. The third-order valence-corrected chi connectivity index (χ3v) is 3.87. The van der Waals surface area contributed by atoms with Gasteiger partial charge in [0.2, 0.25) is 0 Å². The Balaban J connectivity index is 2.06. The molecule has 0 aromatic heterocycles. The first-order chi connectivity index (χ1) is 10.2. The van der Waals surface area contributed by atoms with Crippen LogP contribution >= 0.6 is 0 Å². The molecule has 1 heterocycles. The second-order valence-corrected chi connectivity index (χ2v) is 5.82. The van der Waals surface area contributed by atoms with Crippen LogP contribution in [0.1, 0.15) is 31.2 Å². The van der Waals surface area contributed by atoms with E-state index < -0.39 is 0 Å². The SMILES string of the molecule is CCOc1cc(C2CCNCC2)ccc1OCCN(C)C. The molecular formula is C17H28N2O2. The van der Waals surface area contributed by atoms with Gasteiger partial charge in [-0.1, -0.05) is 6.07 Å². The van der Waals surface area contributed by atoms with Gasteiger partial charge in [0.15, 0.2) is 11.5 Å². The lowest BCUT2D eigenvalue weighted by molar-refractivity contribution is 0.243. The quantitative estimate of drug-likeness (QED) is 0.837. The summed E-state index contributed by atoms with van der Waals surface area (Å²) in [5, 5.41) is 3.41. The summed E-state index contributed by atoms with van der Waals surface area (Å²) in [6, 6.07) is 6.44. The number of hydrogen-bond donors (Lipinski definition) is 1. The Hall–Kier alpha value is -1.26. The minimum atomic E-state index is 0.640. The summed E-state index contributed by atoms with van der Waals surface area (Å²) < 4.78 is 11.6. The Morgan fingerprint density at radius 2 is 1.90 bits per heavy atom. The van der Waals surface area contributed by atoms with Gasteiger partial charge in [-0.3, -0.25) is 0 Å². The summed E-state index contributed by atoms with van der Waals surface area (Å²) in [4.78, 5) is 2.11. The molecule has 0 bridgehead atoms. The first-order valence-electron chi connectivity index (χ1n) is 7.95. The van der Waals surface area contributed by atoms with Crippen molar-refractivity contribution in [3.05, 3.63) is 23.8 Å². The molecule has 0 aliphatic carbocycles. The fraction of sp³-hybridized carbons (Fsp3) is 0.647. The van der Waals surface area contributed by atoms with Gasteiger partial charge in [-0.15, -0.1) is 0 Å². The predicted octanol–water partition coefficient (Wildman–Crippen LogP) is 2.49. The Bertz CT molecular complexity index is 429. The molecule has 1 N–H and O–H groups in total. The molecule has 0 atom stereocenters. The van der Waals surface area contributed by atoms with Gasteiger partial charge in [-0.2, -0.15) is 0 Å². The average Bonchev–Trinajstić information content (AvgIpc) is 2.49. The molecule has 1 aliphatic rings. The third kappa shape index (κ3) is 4.90. The van der Waals surface area contributed by atoms with Crippen molar-refractivity contribution in [1.82, 2.24) is 10.2 Å². The van der Waals surface area contributed by atoms with Crippen LogP contribution in [-0.4, -0.2) is 51.8 Å². The van der Waals surface area contributed by atoms with Gasteiger partial charge in [-0.25, -0.2) is 0 Å². The molecule has 1 aromatic carbocycles. The van der Waals surface area contributed by atoms with Gasteiger partial charge >= 0.3 is 0 Å². The van der Waals surface area contributed by atoms with Gasteiger partial charge in [0.25, 0.3) is 0 Å². The van der Waals surface area contributed by atoms with Crippen molar-refractivity contribution >= 4 is 0 Å². The van der Waals surface area contributed by atoms with Crippen molar-refractivity contribution in [3.8, 4) is 11.5 Å². The highest BCUT2D eigenvalue weighted by Gasteiger charge is 2.17. The van der Waals surface area contributed by atoms with Crippen molar-refractivity contribution in [2.45, 2.75) is 25.7 Å². The minimum Gasteiger partial charge on any atom is -0.490 e. The molecule has 0 saturated carbocycles. The second-order valence-electron chi connectivity index (χ2n) is 5.82. The van der Waals surface area contributed by atoms with Crippen molar-refractivity contribution in [2.75, 3.05) is 46.9 Å². The van der Waals surface area contributed by atoms with Crippen LogP contribution in [0, 0.1) is 0 Å². The van der Waals surface area contributed by atoms with Crippen molar-refractivity contribution < 1.29 is 9.47 Å². The van der Waals surface area contributed by atoms with Crippen LogP contribution in [0.3, 0.4) is 0 Å². The van der Waals surface area contributed by atoms with Gasteiger partial charge in [-0.05, 0) is 70.6 Å². The number of rotatable bonds is 7. The summed E-state index contributed by atoms with van der Waals surface area (Å²) in [5.74, 6) is 2.38. The highest BCUT2D eigenvalue weighted by molar-refractivity contribution is 5.44. The monoisotopic (exact) mass is 292 g/mol. The number of nitrogens with one attached hydrogen (secondary N) is 1. The van der Waals surface area contributed by atoms with Gasteiger partial charge < -0.3 is 19.7 Å². The molecule has 118 valence electrons. The van der Waals surface area contributed by atoms with Crippen molar-refractivity contribution in [2.24, 2.45) is 0 Å². The summed E-state index contributed by atoms with van der Waals surface area (Å²) in [6.07, 6.45) is 2.40. The number of hydrogen-bond acceptors (Lipinski definition) is 4. The maximum absolute atomic E-state index is 5.86. The second kappa shape index (κ2) is 8.25. The normalized spacial score (nSPS) is 16.2. The van der Waals surface area contributed by atoms with Crippen LogP contribution in [0.25, 0.3) is 0 Å². The zero-order valence-electron chi connectivity index (χ0n) is 13.5. The number of ether oxygens (including phenoxy) is 2. The number of likely N-dealkylation sites (N-methyl/N-ethyl adjacent to an activating group) is 1. The van der Waals surface area contributed by atoms with Crippen LogP contribution in [0.5, 0.6) is 11.5 Å². The Kier molecular flexibility index (Phi) is 6.33. The minimum absolute atomic E-state index is 0.640. The van der Waals surface area contributed by atoms with Gasteiger partial charge in [0, 0.05) is 6.54 Å². The molecule has 1 fully saturated rings. The lowest BCUT2D eigenvalue weighted by Gasteiger charge is -2.24. The van der Waals surface area contributed by atoms with E-state index in [1.807, 2.05) is 21.0 Å². The Morgan fingerprint density at radius 1 is 1.14 bits per heavy atom. The Morgan fingerprint density at radius 3 is 2.57 bits per heavy atom. The van der Waals surface area contributed by atoms with E-state index in [4.69, 9.17) is 9.47 Å². The number of benzene rings is 1. The van der Waals surface area contributed by atoms with E-state index in [1.165, 1.54) is 18.4 Å². The highest BCUT2D eigenvalue weighted by Crippen LogP contribution is 2.34. The van der Waals surface area contributed by atoms with Gasteiger partial charge in [0.05, 0.1) is 6.61 Å². The van der Waals surface area contributed by atoms with E-state index >= 15 is 0 Å². The number of nitrogens with zero attached hydrogens (tertiary/aromatic N) is 1. The molecule has 1 aromatic rings. The molecular weight excluding hydrogens is 264 g/mol. The topological polar surface area (TPSA) is 33.7 Å². The molecule has 0 spiro atoms. The number of piperidine rings is 1. The lowest BCUT2D eigenvalue weighted by Crippen LogP contribution is -2.26. The predicted molar refractivity (Wildman–Crippen MR) is 86.5 cm³/mol. The van der Waals surface area contributed by atoms with Crippen LogP contribution in [0.2, 0.25) is 0 Å². The molecule has 2 rings (SSSR count). The van der Waals surface area contributed by atoms with Crippen LogP contribution in [0.15, 0.2) is 18.2 Å². The molecule has 4 nitrogen and oxygen atoms in total. The molecule has 21 heavy (non-hydrogen) atoms. The summed E-state index contributed by atoms with van der Waals surface area (Å²) >= 11 is 0. The summed E-state index contributed by atoms with van der Waals surface area (Å²) in [7, 11) is 4.10. The molecule has 0 unspecified atom stereocenters. The maximum atomic E-state index is 5.86. The van der Waals surface area contributed by atoms with Crippen molar-refractivity contribution in [1.29, 1.82) is 0 Å². The molecule has 1 saturated heterocycles. The highest BCUT2D eigenvalue weighted by atomic mass is 16.5. The Labute approximate surface area is 128 Å².